The molecule has 0 atom stereocenters. The Morgan fingerprint density at radius 1 is 1.35 bits per heavy atom. The molecule has 118 valence electrons. The van der Waals surface area contributed by atoms with Gasteiger partial charge in [0.05, 0.1) is 0 Å². The number of amides is 1. The Labute approximate surface area is 140 Å². The van der Waals surface area contributed by atoms with E-state index in [2.05, 4.69) is 25.7 Å². The number of nitrogens with one attached hydrogen (secondary N) is 2. The van der Waals surface area contributed by atoms with Crippen LogP contribution in [0.3, 0.4) is 0 Å². The Morgan fingerprint density at radius 2 is 2.17 bits per heavy atom. The third-order valence-electron chi connectivity index (χ3n) is 2.89. The van der Waals surface area contributed by atoms with Crippen molar-refractivity contribution in [3.63, 3.8) is 0 Å². The molecule has 1 amide bonds. The summed E-state index contributed by atoms with van der Waals surface area (Å²) in [6.45, 7) is 0.480. The standard InChI is InChI=1S/C14H12ClN5O2S/c15-10-3-1-9(2-4-10)12-7-11(20-22-12)13(21)16-5-6-23-14-17-8-18-19-14/h1-4,7-8H,5-6H2,(H,16,21)(H,17,18,19). The van der Waals surface area contributed by atoms with Crippen molar-refractivity contribution in [2.45, 2.75) is 5.16 Å². The first-order valence-electron chi connectivity index (χ1n) is 6.71. The summed E-state index contributed by atoms with van der Waals surface area (Å²) in [6.07, 6.45) is 1.44. The molecule has 3 rings (SSSR count). The molecule has 9 heteroatoms. The van der Waals surface area contributed by atoms with Crippen LogP contribution in [0.2, 0.25) is 5.02 Å². The SMILES string of the molecule is O=C(NCCSc1ncn[nH]1)c1cc(-c2ccc(Cl)cc2)on1. The van der Waals surface area contributed by atoms with E-state index in [1.807, 2.05) is 0 Å². The van der Waals surface area contributed by atoms with Gasteiger partial charge in [-0.25, -0.2) is 4.98 Å². The highest BCUT2D eigenvalue weighted by Gasteiger charge is 2.13. The summed E-state index contributed by atoms with van der Waals surface area (Å²) in [5.74, 6) is 0.901. The minimum Gasteiger partial charge on any atom is -0.355 e. The van der Waals surface area contributed by atoms with Gasteiger partial charge in [-0.05, 0) is 24.3 Å². The van der Waals surface area contributed by atoms with Gasteiger partial charge < -0.3 is 9.84 Å². The van der Waals surface area contributed by atoms with E-state index in [4.69, 9.17) is 16.1 Å². The number of nitrogens with zero attached hydrogens (tertiary/aromatic N) is 3. The molecule has 0 aliphatic heterocycles. The molecule has 0 radical (unpaired) electrons. The number of carbonyl (C=O) groups excluding carboxylic acids is 1. The van der Waals surface area contributed by atoms with Crippen LogP contribution in [0.4, 0.5) is 0 Å². The third-order valence-corrected chi connectivity index (χ3v) is 4.02. The molecule has 0 bridgehead atoms. The molecule has 2 N–H and O–H groups in total. The summed E-state index contributed by atoms with van der Waals surface area (Å²) in [4.78, 5) is 16.0. The second-order valence-electron chi connectivity index (χ2n) is 4.48. The number of aromatic amines is 1. The molecule has 0 saturated heterocycles. The Kier molecular flexibility index (Phi) is 4.94. The van der Waals surface area contributed by atoms with E-state index in [0.29, 0.717) is 28.2 Å². The third kappa shape index (κ3) is 4.11. The molecule has 0 unspecified atom stereocenters. The maximum atomic E-state index is 12.0. The normalized spacial score (nSPS) is 10.7. The highest BCUT2D eigenvalue weighted by molar-refractivity contribution is 7.99. The van der Waals surface area contributed by atoms with E-state index < -0.39 is 0 Å². The maximum absolute atomic E-state index is 12.0. The Morgan fingerprint density at radius 3 is 2.91 bits per heavy atom. The lowest BCUT2D eigenvalue weighted by Gasteiger charge is -2.00. The van der Waals surface area contributed by atoms with Crippen LogP contribution in [0.25, 0.3) is 11.3 Å². The first-order chi connectivity index (χ1) is 11.2. The number of H-pyrrole nitrogens is 1. The first-order valence-corrected chi connectivity index (χ1v) is 8.08. The zero-order valence-corrected chi connectivity index (χ0v) is 13.4. The molecule has 3 aromatic rings. The van der Waals surface area contributed by atoms with Gasteiger partial charge in [-0.3, -0.25) is 9.89 Å². The molecule has 0 saturated carbocycles. The average Bonchev–Trinajstić information content (AvgIpc) is 3.24. The minimum atomic E-state index is -0.285. The minimum absolute atomic E-state index is 0.236. The van der Waals surface area contributed by atoms with E-state index in [1.54, 1.807) is 30.3 Å². The predicted molar refractivity (Wildman–Crippen MR) is 86.4 cm³/mol. The Balaban J connectivity index is 1.52. The van der Waals surface area contributed by atoms with Gasteiger partial charge in [-0.1, -0.05) is 28.5 Å². The molecule has 2 heterocycles. The van der Waals surface area contributed by atoms with Crippen LogP contribution in [0, 0.1) is 0 Å². The number of aromatic nitrogens is 4. The molecule has 7 nitrogen and oxygen atoms in total. The number of thioether (sulfide) groups is 1. The second-order valence-corrected chi connectivity index (χ2v) is 6.00. The molecule has 0 fully saturated rings. The van der Waals surface area contributed by atoms with Crippen molar-refractivity contribution in [2.24, 2.45) is 0 Å². The summed E-state index contributed by atoms with van der Waals surface area (Å²) < 4.78 is 5.19. The first kappa shape index (κ1) is 15.6. The van der Waals surface area contributed by atoms with Crippen molar-refractivity contribution < 1.29 is 9.32 Å². The van der Waals surface area contributed by atoms with E-state index in [-0.39, 0.29) is 11.6 Å². The monoisotopic (exact) mass is 349 g/mol. The Bertz CT molecular complexity index is 773. The molecular formula is C14H12ClN5O2S. The number of hydrogen-bond acceptors (Lipinski definition) is 6. The van der Waals surface area contributed by atoms with Crippen molar-refractivity contribution in [1.82, 2.24) is 25.7 Å². The van der Waals surface area contributed by atoms with E-state index in [0.717, 1.165) is 5.56 Å². The van der Waals surface area contributed by atoms with Crippen LogP contribution >= 0.6 is 23.4 Å². The van der Waals surface area contributed by atoms with Gasteiger partial charge >= 0.3 is 0 Å². The fourth-order valence-electron chi connectivity index (χ4n) is 1.80. The number of rotatable bonds is 6. The fourth-order valence-corrected chi connectivity index (χ4v) is 2.56. The van der Waals surface area contributed by atoms with Crippen molar-refractivity contribution >= 4 is 29.3 Å². The predicted octanol–water partition coefficient (Wildman–Crippen LogP) is 2.64. The summed E-state index contributed by atoms with van der Waals surface area (Å²) in [5, 5.41) is 14.4. The van der Waals surface area contributed by atoms with E-state index in [9.17, 15) is 4.79 Å². The van der Waals surface area contributed by atoms with Crippen LogP contribution < -0.4 is 5.32 Å². The van der Waals surface area contributed by atoms with Gasteiger partial charge in [-0.15, -0.1) is 0 Å². The molecular weight excluding hydrogens is 338 g/mol. The fraction of sp³-hybridized carbons (Fsp3) is 0.143. The molecule has 2 aromatic heterocycles. The lowest BCUT2D eigenvalue weighted by Crippen LogP contribution is -2.25. The number of benzene rings is 1. The summed E-state index contributed by atoms with van der Waals surface area (Å²) in [6, 6.07) is 8.71. The highest BCUT2D eigenvalue weighted by Crippen LogP contribution is 2.22. The van der Waals surface area contributed by atoms with Crippen LogP contribution in [-0.2, 0) is 0 Å². The topological polar surface area (TPSA) is 96.7 Å². The van der Waals surface area contributed by atoms with E-state index >= 15 is 0 Å². The second kappa shape index (κ2) is 7.30. The van der Waals surface area contributed by atoms with Crippen LogP contribution in [-0.4, -0.2) is 38.5 Å². The Hall–Kier alpha value is -2.32. The highest BCUT2D eigenvalue weighted by atomic mass is 35.5. The zero-order valence-electron chi connectivity index (χ0n) is 11.8. The van der Waals surface area contributed by atoms with Crippen LogP contribution in [0.5, 0.6) is 0 Å². The van der Waals surface area contributed by atoms with Gasteiger partial charge in [-0.2, -0.15) is 5.10 Å². The summed E-state index contributed by atoms with van der Waals surface area (Å²) >= 11 is 7.31. The smallest absolute Gasteiger partial charge is 0.273 e. The number of carbonyl (C=O) groups is 1. The quantitative estimate of drug-likeness (QED) is 0.524. The summed E-state index contributed by atoms with van der Waals surface area (Å²) in [5.41, 5.74) is 1.04. The van der Waals surface area contributed by atoms with Gasteiger partial charge in [0.2, 0.25) is 0 Å². The van der Waals surface area contributed by atoms with Gasteiger partial charge in [0, 0.05) is 29.0 Å². The lowest BCUT2D eigenvalue weighted by atomic mass is 10.1. The van der Waals surface area contributed by atoms with Crippen molar-refractivity contribution in [1.29, 1.82) is 0 Å². The molecule has 23 heavy (non-hydrogen) atoms. The maximum Gasteiger partial charge on any atom is 0.273 e. The number of hydrogen-bond donors (Lipinski definition) is 2. The number of halogens is 1. The summed E-state index contributed by atoms with van der Waals surface area (Å²) in [7, 11) is 0. The van der Waals surface area contributed by atoms with Crippen LogP contribution in [0.1, 0.15) is 10.5 Å². The molecule has 1 aromatic carbocycles. The zero-order chi connectivity index (χ0) is 16.1. The van der Waals surface area contributed by atoms with Crippen LogP contribution in [0.15, 0.2) is 46.3 Å². The molecule has 0 aliphatic carbocycles. The van der Waals surface area contributed by atoms with E-state index in [1.165, 1.54) is 18.1 Å². The molecule has 0 spiro atoms. The van der Waals surface area contributed by atoms with Crippen molar-refractivity contribution in [3.05, 3.63) is 47.4 Å². The largest absolute Gasteiger partial charge is 0.355 e. The average molecular weight is 350 g/mol. The van der Waals surface area contributed by atoms with Crippen molar-refractivity contribution in [3.8, 4) is 11.3 Å². The van der Waals surface area contributed by atoms with Gasteiger partial charge in [0.1, 0.15) is 6.33 Å². The molecule has 0 aliphatic rings. The lowest BCUT2D eigenvalue weighted by molar-refractivity contribution is 0.0947. The van der Waals surface area contributed by atoms with Crippen molar-refractivity contribution in [2.75, 3.05) is 12.3 Å². The van der Waals surface area contributed by atoms with Gasteiger partial charge in [0.25, 0.3) is 5.91 Å². The van der Waals surface area contributed by atoms with Gasteiger partial charge in [0.15, 0.2) is 16.6 Å².